The Labute approximate surface area is 102 Å². The van der Waals surface area contributed by atoms with Crippen LogP contribution in [0.4, 0.5) is 0 Å². The van der Waals surface area contributed by atoms with Crippen molar-refractivity contribution in [1.82, 2.24) is 15.5 Å². The van der Waals surface area contributed by atoms with Gasteiger partial charge in [-0.3, -0.25) is 0 Å². The van der Waals surface area contributed by atoms with Crippen LogP contribution in [0.2, 0.25) is 0 Å². The molecule has 1 aliphatic heterocycles. The van der Waals surface area contributed by atoms with Gasteiger partial charge in [0.2, 0.25) is 5.89 Å². The van der Waals surface area contributed by atoms with Crippen molar-refractivity contribution in [2.45, 2.75) is 44.6 Å². The second-order valence-electron chi connectivity index (χ2n) is 4.77. The number of likely N-dealkylation sites (N-methyl/N-ethyl adjacent to an activating group) is 1. The highest BCUT2D eigenvalue weighted by atomic mass is 16.5. The van der Waals surface area contributed by atoms with Crippen LogP contribution in [0.1, 0.15) is 50.2 Å². The standard InChI is InChI=1S/C12H21N3O2/c1-8(9(2)13-3)12-14-11(15-17-12)10-5-4-6-16-7-10/h8-10,13H,4-7H2,1-3H3. The van der Waals surface area contributed by atoms with Gasteiger partial charge in [-0.15, -0.1) is 0 Å². The van der Waals surface area contributed by atoms with Gasteiger partial charge in [-0.2, -0.15) is 4.98 Å². The molecule has 3 unspecified atom stereocenters. The quantitative estimate of drug-likeness (QED) is 0.866. The van der Waals surface area contributed by atoms with Crippen LogP contribution in [-0.2, 0) is 4.74 Å². The van der Waals surface area contributed by atoms with Gasteiger partial charge < -0.3 is 14.6 Å². The van der Waals surface area contributed by atoms with E-state index >= 15 is 0 Å². The van der Waals surface area contributed by atoms with Crippen molar-refractivity contribution in [3.05, 3.63) is 11.7 Å². The summed E-state index contributed by atoms with van der Waals surface area (Å²) in [5.41, 5.74) is 0. The fraction of sp³-hybridized carbons (Fsp3) is 0.833. The van der Waals surface area contributed by atoms with Gasteiger partial charge in [-0.1, -0.05) is 12.1 Å². The summed E-state index contributed by atoms with van der Waals surface area (Å²) in [4.78, 5) is 4.51. The number of nitrogens with zero attached hydrogens (tertiary/aromatic N) is 2. The monoisotopic (exact) mass is 239 g/mol. The van der Waals surface area contributed by atoms with Crippen molar-refractivity contribution in [2.24, 2.45) is 0 Å². The Bertz CT molecular complexity index is 331. The number of rotatable bonds is 4. The lowest BCUT2D eigenvalue weighted by atomic mass is 10.0. The molecule has 96 valence electrons. The zero-order valence-electron chi connectivity index (χ0n) is 10.8. The van der Waals surface area contributed by atoms with E-state index in [0.29, 0.717) is 17.9 Å². The van der Waals surface area contributed by atoms with E-state index < -0.39 is 0 Å². The van der Waals surface area contributed by atoms with Gasteiger partial charge in [0.05, 0.1) is 12.5 Å². The first kappa shape index (κ1) is 12.5. The summed E-state index contributed by atoms with van der Waals surface area (Å²) in [5, 5.41) is 7.28. The molecule has 5 heteroatoms. The minimum atomic E-state index is 0.228. The van der Waals surface area contributed by atoms with Crippen LogP contribution in [0.3, 0.4) is 0 Å². The fourth-order valence-corrected chi connectivity index (χ4v) is 2.01. The van der Waals surface area contributed by atoms with E-state index in [0.717, 1.165) is 31.9 Å². The lowest BCUT2D eigenvalue weighted by Crippen LogP contribution is -2.27. The Morgan fingerprint density at radius 1 is 1.41 bits per heavy atom. The first-order valence-corrected chi connectivity index (χ1v) is 6.31. The first-order valence-electron chi connectivity index (χ1n) is 6.31. The van der Waals surface area contributed by atoms with Crippen LogP contribution in [0.25, 0.3) is 0 Å². The molecule has 1 saturated heterocycles. The average Bonchev–Trinajstić information content (AvgIpc) is 2.87. The largest absolute Gasteiger partial charge is 0.381 e. The summed E-state index contributed by atoms with van der Waals surface area (Å²) in [6, 6.07) is 0.325. The van der Waals surface area contributed by atoms with E-state index in [1.165, 1.54) is 0 Å². The van der Waals surface area contributed by atoms with Gasteiger partial charge in [0.15, 0.2) is 5.82 Å². The highest BCUT2D eigenvalue weighted by molar-refractivity contribution is 5.01. The van der Waals surface area contributed by atoms with Gasteiger partial charge in [-0.05, 0) is 26.8 Å². The molecular weight excluding hydrogens is 218 g/mol. The molecule has 5 nitrogen and oxygen atoms in total. The molecule has 0 saturated carbocycles. The summed E-state index contributed by atoms with van der Waals surface area (Å²) in [6.45, 7) is 5.78. The summed E-state index contributed by atoms with van der Waals surface area (Å²) in [6.07, 6.45) is 2.17. The molecule has 0 aromatic carbocycles. The molecule has 1 N–H and O–H groups in total. The Balaban J connectivity index is 2.04. The predicted octanol–water partition coefficient (Wildman–Crippen LogP) is 1.67. The molecule has 0 spiro atoms. The topological polar surface area (TPSA) is 60.2 Å². The second-order valence-corrected chi connectivity index (χ2v) is 4.77. The Kier molecular flexibility index (Phi) is 4.12. The molecule has 0 bridgehead atoms. The van der Waals surface area contributed by atoms with E-state index in [1.54, 1.807) is 0 Å². The van der Waals surface area contributed by atoms with Gasteiger partial charge in [-0.25, -0.2) is 0 Å². The molecule has 3 atom stereocenters. The Hall–Kier alpha value is -0.940. The van der Waals surface area contributed by atoms with Crippen LogP contribution >= 0.6 is 0 Å². The summed E-state index contributed by atoms with van der Waals surface area (Å²) >= 11 is 0. The molecule has 0 aliphatic carbocycles. The zero-order chi connectivity index (χ0) is 12.3. The number of aromatic nitrogens is 2. The number of hydrogen-bond acceptors (Lipinski definition) is 5. The summed E-state index contributed by atoms with van der Waals surface area (Å²) < 4.78 is 10.8. The maximum absolute atomic E-state index is 5.44. The van der Waals surface area contributed by atoms with E-state index in [1.807, 2.05) is 7.05 Å². The minimum absolute atomic E-state index is 0.228. The number of ether oxygens (including phenoxy) is 1. The normalized spacial score (nSPS) is 24.5. The van der Waals surface area contributed by atoms with Crippen LogP contribution in [0.15, 0.2) is 4.52 Å². The Morgan fingerprint density at radius 3 is 2.88 bits per heavy atom. The molecule has 1 fully saturated rings. The third-order valence-electron chi connectivity index (χ3n) is 3.58. The SMILES string of the molecule is CNC(C)C(C)c1nc(C2CCCOC2)no1. The van der Waals surface area contributed by atoms with E-state index in [-0.39, 0.29) is 5.92 Å². The van der Waals surface area contributed by atoms with Crippen molar-refractivity contribution in [2.75, 3.05) is 20.3 Å². The van der Waals surface area contributed by atoms with E-state index in [4.69, 9.17) is 9.26 Å². The van der Waals surface area contributed by atoms with Crippen molar-refractivity contribution >= 4 is 0 Å². The molecular formula is C12H21N3O2. The predicted molar refractivity (Wildman–Crippen MR) is 64.0 cm³/mol. The third kappa shape index (κ3) is 2.84. The van der Waals surface area contributed by atoms with E-state index in [9.17, 15) is 0 Å². The van der Waals surface area contributed by atoms with Crippen LogP contribution in [0.5, 0.6) is 0 Å². The van der Waals surface area contributed by atoms with Gasteiger partial charge in [0, 0.05) is 18.6 Å². The van der Waals surface area contributed by atoms with Crippen molar-refractivity contribution in [3.8, 4) is 0 Å². The van der Waals surface area contributed by atoms with Crippen molar-refractivity contribution in [1.29, 1.82) is 0 Å². The van der Waals surface area contributed by atoms with Crippen LogP contribution in [-0.4, -0.2) is 36.4 Å². The smallest absolute Gasteiger partial charge is 0.231 e. The lowest BCUT2D eigenvalue weighted by molar-refractivity contribution is 0.0773. The highest BCUT2D eigenvalue weighted by Gasteiger charge is 2.24. The molecule has 2 heterocycles. The van der Waals surface area contributed by atoms with Crippen LogP contribution < -0.4 is 5.32 Å². The molecule has 0 radical (unpaired) electrons. The summed E-state index contributed by atoms with van der Waals surface area (Å²) in [7, 11) is 1.94. The number of hydrogen-bond donors (Lipinski definition) is 1. The van der Waals surface area contributed by atoms with Gasteiger partial charge in [0.25, 0.3) is 0 Å². The molecule has 1 aliphatic rings. The molecule has 1 aromatic heterocycles. The second kappa shape index (κ2) is 5.60. The van der Waals surface area contributed by atoms with Crippen LogP contribution in [0, 0.1) is 0 Å². The molecule has 2 rings (SSSR count). The van der Waals surface area contributed by atoms with Gasteiger partial charge >= 0.3 is 0 Å². The third-order valence-corrected chi connectivity index (χ3v) is 3.58. The Morgan fingerprint density at radius 2 is 2.24 bits per heavy atom. The average molecular weight is 239 g/mol. The van der Waals surface area contributed by atoms with Gasteiger partial charge in [0.1, 0.15) is 0 Å². The summed E-state index contributed by atoms with van der Waals surface area (Å²) in [5.74, 6) is 2.05. The fourth-order valence-electron chi connectivity index (χ4n) is 2.01. The van der Waals surface area contributed by atoms with Crippen molar-refractivity contribution < 1.29 is 9.26 Å². The molecule has 1 aromatic rings. The number of nitrogens with one attached hydrogen (secondary N) is 1. The highest BCUT2D eigenvalue weighted by Crippen LogP contribution is 2.25. The van der Waals surface area contributed by atoms with E-state index in [2.05, 4.69) is 29.3 Å². The zero-order valence-corrected chi connectivity index (χ0v) is 10.8. The molecule has 0 amide bonds. The first-order chi connectivity index (χ1) is 8.22. The minimum Gasteiger partial charge on any atom is -0.381 e. The maximum Gasteiger partial charge on any atom is 0.231 e. The maximum atomic E-state index is 5.44. The lowest BCUT2D eigenvalue weighted by Gasteiger charge is -2.18. The molecule has 17 heavy (non-hydrogen) atoms. The van der Waals surface area contributed by atoms with Crippen molar-refractivity contribution in [3.63, 3.8) is 0 Å².